The van der Waals surface area contributed by atoms with Gasteiger partial charge < -0.3 is 4.74 Å². The molecular weight excluding hydrogens is 200 g/mol. The molecule has 1 aromatic rings. The molecule has 0 unspecified atom stereocenters. The Morgan fingerprint density at radius 2 is 2.07 bits per heavy atom. The second-order valence-corrected chi connectivity index (χ2v) is 3.56. The Bertz CT molecular complexity index is 359. The molecule has 0 aliphatic carbocycles. The van der Waals surface area contributed by atoms with Crippen LogP contribution in [0, 0.1) is 13.8 Å². The second kappa shape index (κ2) is 4.47. The number of benzene rings is 1. The van der Waals surface area contributed by atoms with E-state index in [1.165, 1.54) is 6.92 Å². The fourth-order valence-electron chi connectivity index (χ4n) is 1.43. The molecule has 1 rings (SSSR count). The SMILES string of the molecule is CC(=O)Oc1c(C)cc(C)cc1CCl. The lowest BCUT2D eigenvalue weighted by Crippen LogP contribution is -2.05. The Labute approximate surface area is 88.8 Å². The zero-order valence-corrected chi connectivity index (χ0v) is 9.31. The maximum absolute atomic E-state index is 10.9. The Morgan fingerprint density at radius 1 is 1.43 bits per heavy atom. The van der Waals surface area contributed by atoms with Gasteiger partial charge in [0.2, 0.25) is 0 Å². The maximum atomic E-state index is 10.9. The molecule has 0 radical (unpaired) electrons. The molecule has 3 heteroatoms. The number of carbonyl (C=O) groups is 1. The van der Waals surface area contributed by atoms with Crippen LogP contribution in [0.5, 0.6) is 5.75 Å². The molecule has 0 aliphatic heterocycles. The summed E-state index contributed by atoms with van der Waals surface area (Å²) in [6.45, 7) is 5.28. The van der Waals surface area contributed by atoms with Crippen LogP contribution in [0.2, 0.25) is 0 Å². The number of esters is 1. The summed E-state index contributed by atoms with van der Waals surface area (Å²) in [5.41, 5.74) is 2.92. The Hall–Kier alpha value is -1.02. The lowest BCUT2D eigenvalue weighted by Gasteiger charge is -2.11. The zero-order valence-electron chi connectivity index (χ0n) is 8.56. The Morgan fingerprint density at radius 3 is 2.57 bits per heavy atom. The number of aryl methyl sites for hydroxylation is 2. The van der Waals surface area contributed by atoms with Crippen molar-refractivity contribution in [3.05, 3.63) is 28.8 Å². The standard InChI is InChI=1S/C11H13ClO2/c1-7-4-8(2)11(14-9(3)13)10(5-7)6-12/h4-5H,6H2,1-3H3. The molecule has 0 aromatic heterocycles. The van der Waals surface area contributed by atoms with Crippen molar-refractivity contribution >= 4 is 17.6 Å². The van der Waals surface area contributed by atoms with E-state index < -0.39 is 0 Å². The number of halogens is 1. The van der Waals surface area contributed by atoms with Crippen LogP contribution >= 0.6 is 11.6 Å². The number of hydrogen-bond donors (Lipinski definition) is 0. The van der Waals surface area contributed by atoms with Crippen LogP contribution in [0.1, 0.15) is 23.6 Å². The minimum atomic E-state index is -0.316. The van der Waals surface area contributed by atoms with Gasteiger partial charge in [-0.2, -0.15) is 0 Å². The van der Waals surface area contributed by atoms with Crippen molar-refractivity contribution in [3.8, 4) is 5.75 Å². The van der Waals surface area contributed by atoms with E-state index in [0.29, 0.717) is 11.6 Å². The minimum Gasteiger partial charge on any atom is -0.426 e. The van der Waals surface area contributed by atoms with E-state index in [4.69, 9.17) is 16.3 Å². The molecule has 0 amide bonds. The van der Waals surface area contributed by atoms with E-state index >= 15 is 0 Å². The third-order valence-corrected chi connectivity index (χ3v) is 2.17. The first-order valence-electron chi connectivity index (χ1n) is 4.39. The van der Waals surface area contributed by atoms with Gasteiger partial charge in [0, 0.05) is 12.5 Å². The third-order valence-electron chi connectivity index (χ3n) is 1.89. The van der Waals surface area contributed by atoms with Gasteiger partial charge in [0.25, 0.3) is 0 Å². The average Bonchev–Trinajstić information content (AvgIpc) is 2.08. The molecule has 14 heavy (non-hydrogen) atoms. The summed E-state index contributed by atoms with van der Waals surface area (Å²) in [6, 6.07) is 3.90. The highest BCUT2D eigenvalue weighted by Crippen LogP contribution is 2.26. The van der Waals surface area contributed by atoms with Gasteiger partial charge in [-0.25, -0.2) is 0 Å². The smallest absolute Gasteiger partial charge is 0.308 e. The zero-order chi connectivity index (χ0) is 10.7. The van der Waals surface area contributed by atoms with Crippen molar-refractivity contribution in [1.29, 1.82) is 0 Å². The summed E-state index contributed by atoms with van der Waals surface area (Å²) in [7, 11) is 0. The predicted octanol–water partition coefficient (Wildman–Crippen LogP) is 2.97. The van der Waals surface area contributed by atoms with Gasteiger partial charge in [-0.1, -0.05) is 17.7 Å². The quantitative estimate of drug-likeness (QED) is 0.428. The first-order valence-corrected chi connectivity index (χ1v) is 4.92. The first-order chi connectivity index (χ1) is 6.54. The highest BCUT2D eigenvalue weighted by Gasteiger charge is 2.09. The van der Waals surface area contributed by atoms with Crippen LogP contribution in [-0.4, -0.2) is 5.97 Å². The van der Waals surface area contributed by atoms with Crippen molar-refractivity contribution < 1.29 is 9.53 Å². The summed E-state index contributed by atoms with van der Waals surface area (Å²) < 4.78 is 5.10. The van der Waals surface area contributed by atoms with Crippen molar-refractivity contribution in [2.75, 3.05) is 0 Å². The van der Waals surface area contributed by atoms with Crippen LogP contribution < -0.4 is 4.74 Å². The van der Waals surface area contributed by atoms with E-state index in [0.717, 1.165) is 16.7 Å². The molecule has 0 spiro atoms. The molecular formula is C11H13ClO2. The van der Waals surface area contributed by atoms with Crippen LogP contribution in [0.15, 0.2) is 12.1 Å². The highest BCUT2D eigenvalue weighted by molar-refractivity contribution is 6.17. The largest absolute Gasteiger partial charge is 0.426 e. The van der Waals surface area contributed by atoms with Crippen LogP contribution in [0.4, 0.5) is 0 Å². The van der Waals surface area contributed by atoms with Crippen molar-refractivity contribution in [3.63, 3.8) is 0 Å². The van der Waals surface area contributed by atoms with E-state index in [1.807, 2.05) is 26.0 Å². The third kappa shape index (κ3) is 2.48. The van der Waals surface area contributed by atoms with Crippen molar-refractivity contribution in [2.24, 2.45) is 0 Å². The van der Waals surface area contributed by atoms with E-state index in [-0.39, 0.29) is 5.97 Å². The molecule has 0 saturated heterocycles. The van der Waals surface area contributed by atoms with E-state index in [2.05, 4.69) is 0 Å². The van der Waals surface area contributed by atoms with E-state index in [1.54, 1.807) is 0 Å². The molecule has 0 aliphatic rings. The molecule has 0 fully saturated rings. The summed E-state index contributed by atoms with van der Waals surface area (Å²) in [5, 5.41) is 0. The average molecular weight is 213 g/mol. The summed E-state index contributed by atoms with van der Waals surface area (Å²) in [5.74, 6) is 0.631. The number of hydrogen-bond acceptors (Lipinski definition) is 2. The van der Waals surface area contributed by atoms with Crippen LogP contribution in [0.25, 0.3) is 0 Å². The molecule has 0 bridgehead atoms. The number of carbonyl (C=O) groups excluding carboxylic acids is 1. The highest BCUT2D eigenvalue weighted by atomic mass is 35.5. The maximum Gasteiger partial charge on any atom is 0.308 e. The van der Waals surface area contributed by atoms with Crippen molar-refractivity contribution in [1.82, 2.24) is 0 Å². The molecule has 1 aromatic carbocycles. The molecule has 2 nitrogen and oxygen atoms in total. The second-order valence-electron chi connectivity index (χ2n) is 3.30. The Kier molecular flexibility index (Phi) is 3.53. The molecule has 0 saturated carbocycles. The summed E-state index contributed by atoms with van der Waals surface area (Å²) in [6.07, 6.45) is 0. The lowest BCUT2D eigenvalue weighted by molar-refractivity contribution is -0.131. The topological polar surface area (TPSA) is 26.3 Å². The molecule has 0 N–H and O–H groups in total. The van der Waals surface area contributed by atoms with Gasteiger partial charge in [0.1, 0.15) is 5.75 Å². The van der Waals surface area contributed by atoms with Crippen LogP contribution in [-0.2, 0) is 10.7 Å². The van der Waals surface area contributed by atoms with Gasteiger partial charge in [0.15, 0.2) is 0 Å². The summed E-state index contributed by atoms with van der Waals surface area (Å²) >= 11 is 5.77. The number of rotatable bonds is 2. The van der Waals surface area contributed by atoms with Crippen molar-refractivity contribution in [2.45, 2.75) is 26.7 Å². The molecule has 76 valence electrons. The normalized spacial score (nSPS) is 10.0. The Balaban J connectivity index is 3.18. The first kappa shape index (κ1) is 11.1. The predicted molar refractivity (Wildman–Crippen MR) is 56.8 cm³/mol. The van der Waals surface area contributed by atoms with Gasteiger partial charge in [0.05, 0.1) is 5.88 Å². The van der Waals surface area contributed by atoms with Gasteiger partial charge in [-0.3, -0.25) is 4.79 Å². The van der Waals surface area contributed by atoms with Gasteiger partial charge in [-0.05, 0) is 19.4 Å². The summed E-state index contributed by atoms with van der Waals surface area (Å²) in [4.78, 5) is 10.9. The van der Waals surface area contributed by atoms with Gasteiger partial charge in [-0.15, -0.1) is 11.6 Å². The van der Waals surface area contributed by atoms with Gasteiger partial charge >= 0.3 is 5.97 Å². The lowest BCUT2D eigenvalue weighted by atomic mass is 10.1. The number of alkyl halides is 1. The fraction of sp³-hybridized carbons (Fsp3) is 0.364. The molecule has 0 heterocycles. The monoisotopic (exact) mass is 212 g/mol. The fourth-order valence-corrected chi connectivity index (χ4v) is 1.63. The molecule has 0 atom stereocenters. The number of ether oxygens (including phenoxy) is 1. The van der Waals surface area contributed by atoms with E-state index in [9.17, 15) is 4.79 Å². The minimum absolute atomic E-state index is 0.316. The van der Waals surface area contributed by atoms with Crippen LogP contribution in [0.3, 0.4) is 0 Å².